The van der Waals surface area contributed by atoms with E-state index in [9.17, 15) is 9.59 Å². The summed E-state index contributed by atoms with van der Waals surface area (Å²) in [7, 11) is 0. The molecule has 0 aliphatic carbocycles. The van der Waals surface area contributed by atoms with Crippen molar-refractivity contribution >= 4 is 11.7 Å². The summed E-state index contributed by atoms with van der Waals surface area (Å²) in [6, 6.07) is 6.88. The molecule has 1 N–H and O–H groups in total. The maximum Gasteiger partial charge on any atom is 0.220 e. The summed E-state index contributed by atoms with van der Waals surface area (Å²) >= 11 is 0. The highest BCUT2D eigenvalue weighted by Crippen LogP contribution is 2.31. The molecule has 1 aliphatic rings. The lowest BCUT2D eigenvalue weighted by atomic mass is 10.1. The smallest absolute Gasteiger partial charge is 0.220 e. The molecule has 1 aromatic carbocycles. The van der Waals surface area contributed by atoms with Gasteiger partial charge in [-0.3, -0.25) is 14.3 Å². The molecule has 7 heteroatoms. The third-order valence-electron chi connectivity index (χ3n) is 3.87. The average molecular weight is 343 g/mol. The van der Waals surface area contributed by atoms with E-state index in [1.165, 1.54) is 0 Å². The highest BCUT2D eigenvalue weighted by atomic mass is 16.6. The van der Waals surface area contributed by atoms with E-state index in [4.69, 9.17) is 9.47 Å². The van der Waals surface area contributed by atoms with E-state index in [2.05, 4.69) is 10.4 Å². The Labute approximate surface area is 145 Å². The number of rotatable bonds is 7. The summed E-state index contributed by atoms with van der Waals surface area (Å²) in [6.45, 7) is 3.48. The lowest BCUT2D eigenvalue weighted by Crippen LogP contribution is -2.35. The predicted octanol–water partition coefficient (Wildman–Crippen LogP) is 1.82. The van der Waals surface area contributed by atoms with E-state index in [1.807, 2.05) is 19.2 Å². The molecule has 2 aromatic rings. The summed E-state index contributed by atoms with van der Waals surface area (Å²) in [6.07, 6.45) is 3.84. The summed E-state index contributed by atoms with van der Waals surface area (Å²) < 4.78 is 12.7. The number of hydrogen-bond donors (Lipinski definition) is 1. The molecule has 0 fully saturated rings. The molecular formula is C18H21N3O4. The molecule has 7 nitrogen and oxygen atoms in total. The topological polar surface area (TPSA) is 82.5 Å². The van der Waals surface area contributed by atoms with Crippen molar-refractivity contribution in [1.29, 1.82) is 0 Å². The van der Waals surface area contributed by atoms with Crippen molar-refractivity contribution in [3.8, 4) is 11.5 Å². The first kappa shape index (κ1) is 17.0. The van der Waals surface area contributed by atoms with Gasteiger partial charge in [0.15, 0.2) is 17.3 Å². The van der Waals surface area contributed by atoms with Gasteiger partial charge in [-0.2, -0.15) is 5.10 Å². The van der Waals surface area contributed by atoms with Gasteiger partial charge in [-0.25, -0.2) is 0 Å². The molecule has 3 rings (SSSR count). The summed E-state index contributed by atoms with van der Waals surface area (Å²) in [5.41, 5.74) is 0.529. The zero-order chi connectivity index (χ0) is 17.6. The molecule has 0 saturated carbocycles. The predicted molar refractivity (Wildman–Crippen MR) is 90.8 cm³/mol. The highest BCUT2D eigenvalue weighted by Gasteiger charge is 2.16. The van der Waals surface area contributed by atoms with Gasteiger partial charge >= 0.3 is 0 Å². The monoisotopic (exact) mass is 343 g/mol. The molecule has 0 saturated heterocycles. The fourth-order valence-corrected chi connectivity index (χ4v) is 2.67. The lowest BCUT2D eigenvalue weighted by molar-refractivity contribution is -0.121. The van der Waals surface area contributed by atoms with Crippen molar-refractivity contribution < 1.29 is 19.1 Å². The van der Waals surface area contributed by atoms with Crippen molar-refractivity contribution in [3.05, 3.63) is 42.2 Å². The first-order chi connectivity index (χ1) is 12.1. The second kappa shape index (κ2) is 7.83. The van der Waals surface area contributed by atoms with E-state index in [-0.39, 0.29) is 30.6 Å². The number of aromatic nitrogens is 2. The van der Waals surface area contributed by atoms with Crippen LogP contribution in [-0.2, 0) is 11.3 Å². The van der Waals surface area contributed by atoms with E-state index >= 15 is 0 Å². The Kier molecular flexibility index (Phi) is 5.33. The van der Waals surface area contributed by atoms with Crippen LogP contribution in [0.1, 0.15) is 30.1 Å². The lowest BCUT2D eigenvalue weighted by Gasteiger charge is -2.18. The number of carbonyl (C=O) groups excluding carboxylic acids is 2. The highest BCUT2D eigenvalue weighted by molar-refractivity contribution is 5.98. The van der Waals surface area contributed by atoms with Crippen molar-refractivity contribution in [2.24, 2.45) is 0 Å². The number of Topliss-reactive ketones (excluding diaryl/α,β-unsaturated/α-hetero) is 1. The van der Waals surface area contributed by atoms with Gasteiger partial charge in [0, 0.05) is 36.8 Å². The van der Waals surface area contributed by atoms with Gasteiger partial charge < -0.3 is 14.8 Å². The Hall–Kier alpha value is -2.83. The third-order valence-corrected chi connectivity index (χ3v) is 3.87. The molecule has 1 aromatic heterocycles. The van der Waals surface area contributed by atoms with Gasteiger partial charge in [-0.15, -0.1) is 0 Å². The third kappa shape index (κ3) is 4.59. The second-order valence-corrected chi connectivity index (χ2v) is 5.98. The first-order valence-corrected chi connectivity index (χ1v) is 8.31. The van der Waals surface area contributed by atoms with Gasteiger partial charge in [0.1, 0.15) is 13.2 Å². The van der Waals surface area contributed by atoms with Crippen molar-refractivity contribution in [3.63, 3.8) is 0 Å². The Morgan fingerprint density at radius 2 is 2.04 bits per heavy atom. The zero-order valence-corrected chi connectivity index (χ0v) is 14.1. The molecular weight excluding hydrogens is 322 g/mol. The van der Waals surface area contributed by atoms with Gasteiger partial charge in [-0.1, -0.05) is 0 Å². The molecule has 0 spiro atoms. The Morgan fingerprint density at radius 1 is 1.24 bits per heavy atom. The molecule has 1 amide bonds. The number of hydrogen-bond acceptors (Lipinski definition) is 5. The van der Waals surface area contributed by atoms with Crippen LogP contribution < -0.4 is 14.8 Å². The van der Waals surface area contributed by atoms with E-state index in [1.54, 1.807) is 29.1 Å². The number of ketones is 1. The molecule has 132 valence electrons. The minimum Gasteiger partial charge on any atom is -0.486 e. The molecule has 0 radical (unpaired) electrons. The van der Waals surface area contributed by atoms with Gasteiger partial charge in [0.05, 0.1) is 6.54 Å². The maximum atomic E-state index is 12.3. The van der Waals surface area contributed by atoms with Crippen LogP contribution in [0.5, 0.6) is 11.5 Å². The SMILES string of the molecule is C[C@@H](Cn1cccn1)NC(=O)CCC(=O)c1ccc2c(c1)OCCO2. The number of ether oxygens (including phenoxy) is 2. The molecule has 1 atom stereocenters. The normalized spacial score (nSPS) is 14.0. The van der Waals surface area contributed by atoms with Gasteiger partial charge in [0.25, 0.3) is 0 Å². The number of carbonyl (C=O) groups is 2. The number of benzene rings is 1. The average Bonchev–Trinajstić information content (AvgIpc) is 3.12. The van der Waals surface area contributed by atoms with Crippen molar-refractivity contribution in [2.45, 2.75) is 32.4 Å². The number of nitrogens with zero attached hydrogens (tertiary/aromatic N) is 2. The summed E-state index contributed by atoms with van der Waals surface area (Å²) in [5.74, 6) is 0.986. The first-order valence-electron chi connectivity index (χ1n) is 8.31. The van der Waals surface area contributed by atoms with Crippen LogP contribution in [0.2, 0.25) is 0 Å². The molecule has 0 bridgehead atoms. The standard InChI is InChI=1S/C18H21N3O4/c1-13(12-21-8-2-7-19-21)20-18(23)6-4-15(22)14-3-5-16-17(11-14)25-10-9-24-16/h2-3,5,7-8,11,13H,4,6,9-10,12H2,1H3,(H,20,23)/t13-/m0/s1. The zero-order valence-electron chi connectivity index (χ0n) is 14.1. The Balaban J connectivity index is 1.47. The van der Waals surface area contributed by atoms with Crippen LogP contribution in [0, 0.1) is 0 Å². The van der Waals surface area contributed by atoms with Crippen LogP contribution in [0.3, 0.4) is 0 Å². The molecule has 1 aliphatic heterocycles. The maximum absolute atomic E-state index is 12.3. The summed E-state index contributed by atoms with van der Waals surface area (Å²) in [4.78, 5) is 24.3. The number of amides is 1. The minimum atomic E-state index is -0.148. The van der Waals surface area contributed by atoms with Crippen molar-refractivity contribution in [1.82, 2.24) is 15.1 Å². The van der Waals surface area contributed by atoms with Crippen LogP contribution >= 0.6 is 0 Å². The second-order valence-electron chi connectivity index (χ2n) is 5.98. The van der Waals surface area contributed by atoms with E-state index < -0.39 is 0 Å². The Morgan fingerprint density at radius 3 is 2.80 bits per heavy atom. The largest absolute Gasteiger partial charge is 0.486 e. The van der Waals surface area contributed by atoms with E-state index in [0.717, 1.165) is 0 Å². The molecule has 2 heterocycles. The quantitative estimate of drug-likeness (QED) is 0.776. The fourth-order valence-electron chi connectivity index (χ4n) is 2.67. The van der Waals surface area contributed by atoms with Gasteiger partial charge in [-0.05, 0) is 31.2 Å². The van der Waals surface area contributed by atoms with Crippen LogP contribution in [0.15, 0.2) is 36.7 Å². The number of nitrogens with one attached hydrogen (secondary N) is 1. The Bertz CT molecular complexity index is 743. The minimum absolute atomic E-state index is 0.0585. The van der Waals surface area contributed by atoms with Gasteiger partial charge in [0.2, 0.25) is 5.91 Å². The van der Waals surface area contributed by atoms with Crippen LogP contribution in [0.25, 0.3) is 0 Å². The summed E-state index contributed by atoms with van der Waals surface area (Å²) in [5, 5.41) is 6.98. The molecule has 0 unspecified atom stereocenters. The van der Waals surface area contributed by atoms with Crippen molar-refractivity contribution in [2.75, 3.05) is 13.2 Å². The molecule has 25 heavy (non-hydrogen) atoms. The fraction of sp³-hybridized carbons (Fsp3) is 0.389. The van der Waals surface area contributed by atoms with Crippen LogP contribution in [0.4, 0.5) is 0 Å². The number of fused-ring (bicyclic) bond motifs is 1. The van der Waals surface area contributed by atoms with Crippen LogP contribution in [-0.4, -0.2) is 40.7 Å². The van der Waals surface area contributed by atoms with E-state index in [0.29, 0.717) is 36.8 Å².